The van der Waals surface area contributed by atoms with Crippen molar-refractivity contribution in [2.45, 2.75) is 26.4 Å². The Morgan fingerprint density at radius 3 is 2.42 bits per heavy atom. The molecule has 0 saturated carbocycles. The van der Waals surface area contributed by atoms with Crippen molar-refractivity contribution >= 4 is 11.8 Å². The maximum atomic E-state index is 12.4. The van der Waals surface area contributed by atoms with Crippen LogP contribution < -0.4 is 5.32 Å². The highest BCUT2D eigenvalue weighted by Crippen LogP contribution is 2.11. The van der Waals surface area contributed by atoms with E-state index in [9.17, 15) is 9.59 Å². The summed E-state index contributed by atoms with van der Waals surface area (Å²) < 4.78 is 5.17. The molecule has 6 heteroatoms. The van der Waals surface area contributed by atoms with Gasteiger partial charge in [-0.25, -0.2) is 0 Å². The smallest absolute Gasteiger partial charge is 0.289 e. The third-order valence-electron chi connectivity index (χ3n) is 4.85. The molecule has 1 unspecified atom stereocenters. The summed E-state index contributed by atoms with van der Waals surface area (Å²) in [5, 5.41) is 3.00. The van der Waals surface area contributed by atoms with Crippen molar-refractivity contribution in [1.82, 2.24) is 15.1 Å². The van der Waals surface area contributed by atoms with Crippen molar-refractivity contribution in [1.29, 1.82) is 0 Å². The van der Waals surface area contributed by atoms with E-state index in [2.05, 4.69) is 10.2 Å². The van der Waals surface area contributed by atoms with Crippen molar-refractivity contribution in [2.24, 2.45) is 0 Å². The molecule has 2 amide bonds. The van der Waals surface area contributed by atoms with Gasteiger partial charge >= 0.3 is 0 Å². The number of hydrogen-bond acceptors (Lipinski definition) is 4. The van der Waals surface area contributed by atoms with E-state index in [0.29, 0.717) is 38.5 Å². The van der Waals surface area contributed by atoms with Gasteiger partial charge in [0.15, 0.2) is 5.76 Å². The van der Waals surface area contributed by atoms with Crippen LogP contribution in [0.1, 0.15) is 28.6 Å². The minimum absolute atomic E-state index is 0.0105. The van der Waals surface area contributed by atoms with Gasteiger partial charge in [-0.1, -0.05) is 29.8 Å². The number of amides is 2. The predicted octanol–water partition coefficient (Wildman–Crippen LogP) is 2.05. The van der Waals surface area contributed by atoms with E-state index in [1.54, 1.807) is 17.0 Å². The Morgan fingerprint density at radius 2 is 1.81 bits per heavy atom. The number of rotatable bonds is 5. The Labute approximate surface area is 153 Å². The molecule has 1 aliphatic heterocycles. The molecule has 1 aromatic heterocycles. The Balaban J connectivity index is 1.46. The van der Waals surface area contributed by atoms with Gasteiger partial charge in [0.05, 0.1) is 12.3 Å². The molecule has 3 rings (SSSR count). The fourth-order valence-electron chi connectivity index (χ4n) is 3.08. The normalized spacial score (nSPS) is 16.3. The van der Waals surface area contributed by atoms with Crippen LogP contribution in [-0.4, -0.2) is 53.8 Å². The lowest BCUT2D eigenvalue weighted by Gasteiger charge is -2.37. The van der Waals surface area contributed by atoms with E-state index in [1.807, 2.05) is 38.1 Å². The van der Waals surface area contributed by atoms with Crippen LogP contribution in [0.15, 0.2) is 47.1 Å². The zero-order chi connectivity index (χ0) is 18.5. The second kappa shape index (κ2) is 8.19. The van der Waals surface area contributed by atoms with Crippen molar-refractivity contribution in [2.75, 3.05) is 26.2 Å². The molecule has 2 aromatic rings. The molecule has 26 heavy (non-hydrogen) atoms. The Morgan fingerprint density at radius 1 is 1.12 bits per heavy atom. The molecule has 2 heterocycles. The van der Waals surface area contributed by atoms with Crippen LogP contribution in [-0.2, 0) is 11.3 Å². The van der Waals surface area contributed by atoms with Gasteiger partial charge in [-0.15, -0.1) is 0 Å². The molecule has 1 saturated heterocycles. The van der Waals surface area contributed by atoms with Crippen LogP contribution >= 0.6 is 0 Å². The minimum Gasteiger partial charge on any atom is -0.459 e. The highest BCUT2D eigenvalue weighted by atomic mass is 16.3. The zero-order valence-corrected chi connectivity index (χ0v) is 15.3. The van der Waals surface area contributed by atoms with Crippen LogP contribution in [0.4, 0.5) is 0 Å². The third kappa shape index (κ3) is 4.32. The summed E-state index contributed by atoms with van der Waals surface area (Å²) in [5.74, 6) is 0.282. The number of furan rings is 1. The topological polar surface area (TPSA) is 65.8 Å². The van der Waals surface area contributed by atoms with Gasteiger partial charge in [0, 0.05) is 32.7 Å². The Hall–Kier alpha value is -2.60. The molecule has 1 aromatic carbocycles. The van der Waals surface area contributed by atoms with E-state index in [-0.39, 0.29) is 17.9 Å². The van der Waals surface area contributed by atoms with Crippen LogP contribution in [0, 0.1) is 6.92 Å². The average Bonchev–Trinajstić information content (AvgIpc) is 3.21. The molecule has 0 radical (unpaired) electrons. The Kier molecular flexibility index (Phi) is 5.73. The van der Waals surface area contributed by atoms with Crippen LogP contribution in [0.5, 0.6) is 0 Å². The number of nitrogens with one attached hydrogen (secondary N) is 1. The molecule has 0 spiro atoms. The number of nitrogens with zero attached hydrogens (tertiary/aromatic N) is 2. The summed E-state index contributed by atoms with van der Waals surface area (Å²) in [6.07, 6.45) is 1.50. The van der Waals surface area contributed by atoms with Gasteiger partial charge in [0.25, 0.3) is 5.91 Å². The largest absolute Gasteiger partial charge is 0.459 e. The van der Waals surface area contributed by atoms with Gasteiger partial charge in [-0.05, 0) is 31.5 Å². The van der Waals surface area contributed by atoms with Crippen molar-refractivity contribution in [3.63, 3.8) is 0 Å². The summed E-state index contributed by atoms with van der Waals surface area (Å²) in [7, 11) is 0. The molecule has 1 fully saturated rings. The standard InChI is InChI=1S/C20H25N3O3/c1-15-5-7-17(8-6-15)14-21-19(24)16(2)22-9-11-23(12-10-22)20(25)18-4-3-13-26-18/h3-8,13,16H,9-12,14H2,1-2H3,(H,21,24). The summed E-state index contributed by atoms with van der Waals surface area (Å²) >= 11 is 0. The fraction of sp³-hybridized carbons (Fsp3) is 0.400. The van der Waals surface area contributed by atoms with Crippen LogP contribution in [0.3, 0.4) is 0 Å². The second-order valence-corrected chi connectivity index (χ2v) is 6.68. The minimum atomic E-state index is -0.221. The summed E-state index contributed by atoms with van der Waals surface area (Å²) in [5.41, 5.74) is 2.29. The van der Waals surface area contributed by atoms with Gasteiger partial charge in [0.2, 0.25) is 5.91 Å². The third-order valence-corrected chi connectivity index (χ3v) is 4.85. The maximum absolute atomic E-state index is 12.4. The average molecular weight is 355 g/mol. The van der Waals surface area contributed by atoms with Crippen molar-refractivity contribution < 1.29 is 14.0 Å². The quantitative estimate of drug-likeness (QED) is 0.891. The predicted molar refractivity (Wildman–Crippen MR) is 98.7 cm³/mol. The van der Waals surface area contributed by atoms with E-state index in [0.717, 1.165) is 5.56 Å². The fourth-order valence-corrected chi connectivity index (χ4v) is 3.08. The monoisotopic (exact) mass is 355 g/mol. The molecular formula is C20H25N3O3. The van der Waals surface area contributed by atoms with Gasteiger partial charge in [-0.3, -0.25) is 14.5 Å². The number of carbonyl (C=O) groups excluding carboxylic acids is 2. The summed E-state index contributed by atoms with van der Waals surface area (Å²) in [4.78, 5) is 28.6. The SMILES string of the molecule is Cc1ccc(CNC(=O)C(C)N2CCN(C(=O)c3ccco3)CC2)cc1. The number of benzene rings is 1. The lowest BCUT2D eigenvalue weighted by Crippen LogP contribution is -2.54. The van der Waals surface area contributed by atoms with Gasteiger partial charge < -0.3 is 14.6 Å². The Bertz CT molecular complexity index is 732. The number of carbonyl (C=O) groups is 2. The zero-order valence-electron chi connectivity index (χ0n) is 15.3. The van der Waals surface area contributed by atoms with E-state index in [1.165, 1.54) is 11.8 Å². The molecule has 138 valence electrons. The summed E-state index contributed by atoms with van der Waals surface area (Å²) in [6, 6.07) is 11.3. The molecule has 6 nitrogen and oxygen atoms in total. The van der Waals surface area contributed by atoms with E-state index >= 15 is 0 Å². The number of hydrogen-bond donors (Lipinski definition) is 1. The first kappa shape index (κ1) is 18.2. The van der Waals surface area contributed by atoms with Gasteiger partial charge in [-0.2, -0.15) is 0 Å². The molecule has 0 bridgehead atoms. The van der Waals surface area contributed by atoms with Crippen molar-refractivity contribution in [3.05, 3.63) is 59.5 Å². The van der Waals surface area contributed by atoms with Crippen LogP contribution in [0.25, 0.3) is 0 Å². The van der Waals surface area contributed by atoms with E-state index in [4.69, 9.17) is 4.42 Å². The lowest BCUT2D eigenvalue weighted by molar-refractivity contribution is -0.126. The highest BCUT2D eigenvalue weighted by molar-refractivity contribution is 5.91. The molecule has 1 aliphatic rings. The first-order valence-corrected chi connectivity index (χ1v) is 8.94. The molecule has 1 atom stereocenters. The molecular weight excluding hydrogens is 330 g/mol. The highest BCUT2D eigenvalue weighted by Gasteiger charge is 2.28. The second-order valence-electron chi connectivity index (χ2n) is 6.68. The number of piperazine rings is 1. The van der Waals surface area contributed by atoms with Crippen LogP contribution in [0.2, 0.25) is 0 Å². The van der Waals surface area contributed by atoms with Crippen molar-refractivity contribution in [3.8, 4) is 0 Å². The molecule has 1 N–H and O–H groups in total. The maximum Gasteiger partial charge on any atom is 0.289 e. The van der Waals surface area contributed by atoms with E-state index < -0.39 is 0 Å². The first-order chi connectivity index (χ1) is 12.5. The number of aryl methyl sites for hydroxylation is 1. The summed E-state index contributed by atoms with van der Waals surface area (Å²) in [6.45, 7) is 7.01. The molecule has 0 aliphatic carbocycles. The first-order valence-electron chi connectivity index (χ1n) is 8.94. The lowest BCUT2D eigenvalue weighted by atomic mass is 10.1. The van der Waals surface area contributed by atoms with Gasteiger partial charge in [0.1, 0.15) is 0 Å².